The Bertz CT molecular complexity index is 633. The number of hydrogen-bond acceptors (Lipinski definition) is 4. The van der Waals surface area contributed by atoms with E-state index in [1.807, 2.05) is 38.1 Å². The van der Waals surface area contributed by atoms with Crippen molar-refractivity contribution in [3.63, 3.8) is 0 Å². The largest absolute Gasteiger partial charge is 0.488 e. The quantitative estimate of drug-likeness (QED) is 0.525. The molecular weight excluding hydrogens is 412 g/mol. The summed E-state index contributed by atoms with van der Waals surface area (Å²) in [6, 6.07) is 8.08. The Hall–Kier alpha value is -1.96. The highest BCUT2D eigenvalue weighted by Crippen LogP contribution is 2.24. The lowest BCUT2D eigenvalue weighted by molar-refractivity contribution is 0.0963. The number of rotatable bonds is 6. The van der Waals surface area contributed by atoms with E-state index in [1.165, 1.54) is 0 Å². The summed E-state index contributed by atoms with van der Waals surface area (Å²) in [5, 5.41) is 6.73. The van der Waals surface area contributed by atoms with Crippen LogP contribution in [0.15, 0.2) is 33.7 Å². The summed E-state index contributed by atoms with van der Waals surface area (Å²) in [6.45, 7) is 6.25. The van der Waals surface area contributed by atoms with Crippen molar-refractivity contribution in [3.05, 3.63) is 28.7 Å². The molecule has 2 N–H and O–H groups in total. The maximum absolute atomic E-state index is 11.8. The van der Waals surface area contributed by atoms with E-state index in [2.05, 4.69) is 31.6 Å². The first kappa shape index (κ1) is 21.3. The SMILES string of the molecule is CCOC(=O)N1CCC(NC(=NC)NCC(C)Oc2ccccc2Br)CC1. The fourth-order valence-corrected chi connectivity index (χ4v) is 3.23. The number of ether oxygens (including phenoxy) is 2. The summed E-state index contributed by atoms with van der Waals surface area (Å²) in [6.07, 6.45) is 1.48. The number of amides is 1. The molecule has 1 heterocycles. The number of para-hydroxylation sites is 1. The highest BCUT2D eigenvalue weighted by atomic mass is 79.9. The molecule has 0 radical (unpaired) electrons. The maximum atomic E-state index is 11.8. The van der Waals surface area contributed by atoms with E-state index in [4.69, 9.17) is 9.47 Å². The van der Waals surface area contributed by atoms with Gasteiger partial charge < -0.3 is 25.0 Å². The highest BCUT2D eigenvalue weighted by Gasteiger charge is 2.24. The van der Waals surface area contributed by atoms with Crippen LogP contribution in [0, 0.1) is 0 Å². The Kier molecular flexibility index (Phi) is 8.71. The van der Waals surface area contributed by atoms with Gasteiger partial charge in [0.25, 0.3) is 0 Å². The van der Waals surface area contributed by atoms with Crippen LogP contribution in [0.4, 0.5) is 4.79 Å². The number of carbonyl (C=O) groups excluding carboxylic acids is 1. The summed E-state index contributed by atoms with van der Waals surface area (Å²) < 4.78 is 11.9. The standard InChI is InChI=1S/C19H29BrN4O3/c1-4-26-19(25)24-11-9-15(10-12-24)23-18(21-3)22-13-14(2)27-17-8-6-5-7-16(17)20/h5-8,14-15H,4,9-13H2,1-3H3,(H2,21,22,23). The first-order chi connectivity index (χ1) is 13.0. The molecule has 1 fully saturated rings. The molecule has 27 heavy (non-hydrogen) atoms. The number of guanidine groups is 1. The Labute approximate surface area is 169 Å². The molecular formula is C19H29BrN4O3. The molecule has 1 aromatic carbocycles. The van der Waals surface area contributed by atoms with Gasteiger partial charge in [-0.05, 0) is 54.8 Å². The van der Waals surface area contributed by atoms with Gasteiger partial charge in [0, 0.05) is 26.2 Å². The average Bonchev–Trinajstić information content (AvgIpc) is 2.67. The predicted molar refractivity (Wildman–Crippen MR) is 110 cm³/mol. The zero-order chi connectivity index (χ0) is 19.6. The number of hydrogen-bond donors (Lipinski definition) is 2. The molecule has 0 bridgehead atoms. The van der Waals surface area contributed by atoms with E-state index in [0.29, 0.717) is 26.2 Å². The van der Waals surface area contributed by atoms with Crippen molar-refractivity contribution in [1.29, 1.82) is 0 Å². The minimum absolute atomic E-state index is 0.0205. The van der Waals surface area contributed by atoms with Crippen LogP contribution in [-0.4, -0.2) is 62.4 Å². The normalized spacial score (nSPS) is 16.6. The van der Waals surface area contributed by atoms with Gasteiger partial charge in [-0.1, -0.05) is 12.1 Å². The number of aliphatic imine (C=N–C) groups is 1. The lowest BCUT2D eigenvalue weighted by Crippen LogP contribution is -2.50. The fourth-order valence-electron chi connectivity index (χ4n) is 2.85. The molecule has 1 aromatic rings. The summed E-state index contributed by atoms with van der Waals surface area (Å²) in [5.74, 6) is 1.56. The third kappa shape index (κ3) is 6.93. The van der Waals surface area contributed by atoms with Crippen molar-refractivity contribution in [2.75, 3.05) is 33.3 Å². The number of benzene rings is 1. The molecule has 0 saturated carbocycles. The van der Waals surface area contributed by atoms with Gasteiger partial charge in [0.1, 0.15) is 11.9 Å². The second-order valence-electron chi connectivity index (χ2n) is 6.42. The zero-order valence-electron chi connectivity index (χ0n) is 16.2. The number of carbonyl (C=O) groups is 1. The Morgan fingerprint density at radius 2 is 2.07 bits per heavy atom. The lowest BCUT2D eigenvalue weighted by Gasteiger charge is -2.32. The second-order valence-corrected chi connectivity index (χ2v) is 7.27. The third-order valence-electron chi connectivity index (χ3n) is 4.31. The van der Waals surface area contributed by atoms with Gasteiger partial charge in [0.2, 0.25) is 0 Å². The van der Waals surface area contributed by atoms with Gasteiger partial charge in [-0.15, -0.1) is 0 Å². The number of halogens is 1. The van der Waals surface area contributed by atoms with Crippen LogP contribution in [0.2, 0.25) is 0 Å². The molecule has 1 amide bonds. The monoisotopic (exact) mass is 440 g/mol. The van der Waals surface area contributed by atoms with E-state index in [0.717, 1.165) is 29.0 Å². The summed E-state index contributed by atoms with van der Waals surface area (Å²) in [7, 11) is 1.75. The van der Waals surface area contributed by atoms with Crippen LogP contribution >= 0.6 is 15.9 Å². The minimum atomic E-state index is -0.225. The maximum Gasteiger partial charge on any atom is 0.409 e. The molecule has 0 aromatic heterocycles. The van der Waals surface area contributed by atoms with Crippen LogP contribution in [0.5, 0.6) is 5.75 Å². The minimum Gasteiger partial charge on any atom is -0.488 e. The fraction of sp³-hybridized carbons (Fsp3) is 0.579. The Morgan fingerprint density at radius 3 is 2.70 bits per heavy atom. The predicted octanol–water partition coefficient (Wildman–Crippen LogP) is 3.00. The van der Waals surface area contributed by atoms with Gasteiger partial charge in [-0.2, -0.15) is 0 Å². The Balaban J connectivity index is 1.73. The van der Waals surface area contributed by atoms with Crippen LogP contribution in [-0.2, 0) is 4.74 Å². The Morgan fingerprint density at radius 1 is 1.37 bits per heavy atom. The number of nitrogens with one attached hydrogen (secondary N) is 2. The molecule has 8 heteroatoms. The first-order valence-electron chi connectivity index (χ1n) is 9.33. The molecule has 1 aliphatic heterocycles. The van der Waals surface area contributed by atoms with Crippen molar-refractivity contribution in [3.8, 4) is 5.75 Å². The van der Waals surface area contributed by atoms with E-state index < -0.39 is 0 Å². The van der Waals surface area contributed by atoms with Crippen molar-refractivity contribution in [1.82, 2.24) is 15.5 Å². The van der Waals surface area contributed by atoms with Gasteiger partial charge in [0.15, 0.2) is 5.96 Å². The van der Waals surface area contributed by atoms with E-state index in [1.54, 1.807) is 11.9 Å². The van der Waals surface area contributed by atoms with Crippen molar-refractivity contribution in [2.24, 2.45) is 4.99 Å². The summed E-state index contributed by atoms with van der Waals surface area (Å²) in [5.41, 5.74) is 0. The molecule has 1 aliphatic rings. The molecule has 2 rings (SSSR count). The lowest BCUT2D eigenvalue weighted by atomic mass is 10.1. The molecule has 150 valence electrons. The number of likely N-dealkylation sites (tertiary alicyclic amines) is 1. The second kappa shape index (κ2) is 11.0. The molecule has 1 unspecified atom stereocenters. The van der Waals surface area contributed by atoms with Crippen molar-refractivity contribution >= 4 is 28.0 Å². The molecule has 0 aliphatic carbocycles. The topological polar surface area (TPSA) is 75.2 Å². The van der Waals surface area contributed by atoms with Crippen molar-refractivity contribution in [2.45, 2.75) is 38.8 Å². The summed E-state index contributed by atoms with van der Waals surface area (Å²) >= 11 is 3.49. The molecule has 1 atom stereocenters. The molecule has 0 spiro atoms. The van der Waals surface area contributed by atoms with Gasteiger partial charge in [-0.3, -0.25) is 4.99 Å². The smallest absolute Gasteiger partial charge is 0.409 e. The van der Waals surface area contributed by atoms with E-state index in [-0.39, 0.29) is 18.2 Å². The first-order valence-corrected chi connectivity index (χ1v) is 10.1. The third-order valence-corrected chi connectivity index (χ3v) is 4.96. The van der Waals surface area contributed by atoms with Gasteiger partial charge in [0.05, 0.1) is 17.6 Å². The average molecular weight is 441 g/mol. The van der Waals surface area contributed by atoms with Crippen molar-refractivity contribution < 1.29 is 14.3 Å². The molecule has 7 nitrogen and oxygen atoms in total. The van der Waals surface area contributed by atoms with E-state index >= 15 is 0 Å². The number of nitrogens with zero attached hydrogens (tertiary/aromatic N) is 2. The zero-order valence-corrected chi connectivity index (χ0v) is 17.8. The van der Waals surface area contributed by atoms with E-state index in [9.17, 15) is 4.79 Å². The van der Waals surface area contributed by atoms with Crippen LogP contribution in [0.1, 0.15) is 26.7 Å². The van der Waals surface area contributed by atoms with Gasteiger partial charge >= 0.3 is 6.09 Å². The van der Waals surface area contributed by atoms with Gasteiger partial charge in [-0.25, -0.2) is 4.79 Å². The van der Waals surface area contributed by atoms with Crippen LogP contribution in [0.25, 0.3) is 0 Å². The number of piperidine rings is 1. The highest BCUT2D eigenvalue weighted by molar-refractivity contribution is 9.10. The van der Waals surface area contributed by atoms with Crippen LogP contribution < -0.4 is 15.4 Å². The van der Waals surface area contributed by atoms with Crippen LogP contribution in [0.3, 0.4) is 0 Å². The molecule has 1 saturated heterocycles. The summed E-state index contributed by atoms with van der Waals surface area (Å²) in [4.78, 5) is 17.8.